The molecule has 7 heteroatoms. The number of aryl methyl sites for hydroxylation is 1. The summed E-state index contributed by atoms with van der Waals surface area (Å²) in [4.78, 5) is 27.2. The molecule has 3 amide bonds. The van der Waals surface area contributed by atoms with Crippen molar-refractivity contribution in [2.45, 2.75) is 31.3 Å². The van der Waals surface area contributed by atoms with Crippen LogP contribution in [0.15, 0.2) is 36.4 Å². The highest BCUT2D eigenvalue weighted by molar-refractivity contribution is 6.32. The summed E-state index contributed by atoms with van der Waals surface area (Å²) in [5, 5.41) is 3.36. The highest BCUT2D eigenvalue weighted by Crippen LogP contribution is 2.42. The van der Waals surface area contributed by atoms with Crippen molar-refractivity contribution in [2.24, 2.45) is 0 Å². The second-order valence-corrected chi connectivity index (χ2v) is 7.75. The summed E-state index contributed by atoms with van der Waals surface area (Å²) in [6.07, 6.45) is 2.12. The molecular formula is C21H19ClN2O4. The van der Waals surface area contributed by atoms with Crippen LogP contribution < -0.4 is 14.8 Å². The summed E-state index contributed by atoms with van der Waals surface area (Å²) in [7, 11) is 0. The topological polar surface area (TPSA) is 67.9 Å². The van der Waals surface area contributed by atoms with Gasteiger partial charge in [0.25, 0.3) is 5.91 Å². The number of nitrogens with one attached hydrogen (secondary N) is 1. The summed E-state index contributed by atoms with van der Waals surface area (Å²) >= 11 is 6.36. The summed E-state index contributed by atoms with van der Waals surface area (Å²) in [5.41, 5.74) is 1.77. The molecule has 2 aromatic carbocycles. The number of fused-ring (bicyclic) bond motifs is 3. The third-order valence-electron chi connectivity index (χ3n) is 5.62. The first-order valence-corrected chi connectivity index (χ1v) is 9.77. The number of amides is 3. The molecule has 2 aromatic rings. The predicted octanol–water partition coefficient (Wildman–Crippen LogP) is 3.39. The van der Waals surface area contributed by atoms with Gasteiger partial charge in [0.1, 0.15) is 5.54 Å². The van der Waals surface area contributed by atoms with E-state index in [1.165, 1.54) is 4.90 Å². The fourth-order valence-corrected chi connectivity index (χ4v) is 4.58. The van der Waals surface area contributed by atoms with Crippen molar-refractivity contribution in [2.75, 3.05) is 13.2 Å². The van der Waals surface area contributed by atoms with Crippen LogP contribution in [0.2, 0.25) is 5.02 Å². The van der Waals surface area contributed by atoms with Crippen molar-refractivity contribution in [3.8, 4) is 11.5 Å². The van der Waals surface area contributed by atoms with Crippen LogP contribution in [-0.2, 0) is 23.3 Å². The van der Waals surface area contributed by atoms with E-state index in [1.807, 2.05) is 24.3 Å². The SMILES string of the molecule is O=C1N[C@]2(CCc3ccccc32)C(=O)N1Cc1cc(Cl)c2c(c1)OCCCO2. The Morgan fingerprint density at radius 3 is 2.86 bits per heavy atom. The van der Waals surface area contributed by atoms with Crippen LogP contribution in [0.5, 0.6) is 11.5 Å². The van der Waals surface area contributed by atoms with Crippen LogP contribution in [0.4, 0.5) is 4.79 Å². The van der Waals surface area contributed by atoms with E-state index in [4.69, 9.17) is 21.1 Å². The Labute approximate surface area is 167 Å². The Morgan fingerprint density at radius 2 is 1.96 bits per heavy atom. The van der Waals surface area contributed by atoms with Gasteiger partial charge < -0.3 is 14.8 Å². The summed E-state index contributed by atoms with van der Waals surface area (Å²) in [6.45, 7) is 1.21. The Bertz CT molecular complexity index is 992. The lowest BCUT2D eigenvalue weighted by atomic mass is 9.92. The average molecular weight is 399 g/mol. The van der Waals surface area contributed by atoms with E-state index in [9.17, 15) is 9.59 Å². The molecule has 0 bridgehead atoms. The van der Waals surface area contributed by atoms with Gasteiger partial charge in [0, 0.05) is 6.42 Å². The van der Waals surface area contributed by atoms with Crippen molar-refractivity contribution >= 4 is 23.5 Å². The third kappa shape index (κ3) is 2.55. The first-order valence-electron chi connectivity index (χ1n) is 9.39. The van der Waals surface area contributed by atoms with Gasteiger partial charge in [-0.3, -0.25) is 9.69 Å². The van der Waals surface area contributed by atoms with E-state index < -0.39 is 5.54 Å². The number of carbonyl (C=O) groups is 2. The molecule has 1 aliphatic carbocycles. The second kappa shape index (κ2) is 6.41. The zero-order chi connectivity index (χ0) is 19.3. The van der Waals surface area contributed by atoms with Gasteiger partial charge >= 0.3 is 6.03 Å². The monoisotopic (exact) mass is 398 g/mol. The number of urea groups is 1. The molecule has 0 aromatic heterocycles. The lowest BCUT2D eigenvalue weighted by Gasteiger charge is -2.22. The number of imide groups is 1. The molecular weight excluding hydrogens is 380 g/mol. The molecule has 28 heavy (non-hydrogen) atoms. The van der Waals surface area contributed by atoms with Crippen molar-refractivity contribution < 1.29 is 19.1 Å². The Hall–Kier alpha value is -2.73. The van der Waals surface area contributed by atoms with E-state index >= 15 is 0 Å². The van der Waals surface area contributed by atoms with Crippen LogP contribution in [0.25, 0.3) is 0 Å². The van der Waals surface area contributed by atoms with Gasteiger partial charge in [-0.1, -0.05) is 35.9 Å². The van der Waals surface area contributed by atoms with Gasteiger partial charge in [0.15, 0.2) is 11.5 Å². The van der Waals surface area contributed by atoms with E-state index in [2.05, 4.69) is 5.32 Å². The molecule has 1 saturated heterocycles. The molecule has 1 spiro atoms. The van der Waals surface area contributed by atoms with Crippen LogP contribution in [-0.4, -0.2) is 30.1 Å². The standard InChI is InChI=1S/C21H19ClN2O4/c22-16-10-13(11-17-18(16)28-9-3-8-27-17)12-24-19(25)21(23-20(24)26)7-6-14-4-1-2-5-15(14)21/h1-2,4-5,10-11H,3,6-9,12H2,(H,23,26)/t21-/m0/s1. The molecule has 2 aliphatic heterocycles. The minimum atomic E-state index is -0.956. The van der Waals surface area contributed by atoms with Crippen molar-refractivity contribution in [3.05, 3.63) is 58.1 Å². The number of ether oxygens (including phenoxy) is 2. The maximum absolute atomic E-state index is 13.3. The number of hydrogen-bond acceptors (Lipinski definition) is 4. The van der Waals surface area contributed by atoms with Crippen molar-refractivity contribution in [3.63, 3.8) is 0 Å². The molecule has 144 valence electrons. The average Bonchev–Trinajstić information content (AvgIpc) is 3.03. The summed E-state index contributed by atoms with van der Waals surface area (Å²) in [5.74, 6) is 0.847. The highest BCUT2D eigenvalue weighted by atomic mass is 35.5. The van der Waals surface area contributed by atoms with Gasteiger partial charge in [-0.15, -0.1) is 0 Å². The van der Waals surface area contributed by atoms with E-state index in [0.29, 0.717) is 36.2 Å². The van der Waals surface area contributed by atoms with Crippen LogP contribution in [0, 0.1) is 0 Å². The fraction of sp³-hybridized carbons (Fsp3) is 0.333. The molecule has 1 fully saturated rings. The Morgan fingerprint density at radius 1 is 1.14 bits per heavy atom. The number of halogens is 1. The van der Waals surface area contributed by atoms with Crippen LogP contribution in [0.1, 0.15) is 29.5 Å². The van der Waals surface area contributed by atoms with Gasteiger partial charge in [-0.2, -0.15) is 0 Å². The maximum atomic E-state index is 13.3. The second-order valence-electron chi connectivity index (χ2n) is 7.34. The van der Waals surface area contributed by atoms with Crippen molar-refractivity contribution in [1.29, 1.82) is 0 Å². The van der Waals surface area contributed by atoms with Crippen LogP contribution >= 0.6 is 11.6 Å². The summed E-state index contributed by atoms with van der Waals surface area (Å²) < 4.78 is 11.4. The molecule has 6 nitrogen and oxygen atoms in total. The molecule has 0 radical (unpaired) electrons. The third-order valence-corrected chi connectivity index (χ3v) is 5.91. The summed E-state index contributed by atoms with van der Waals surface area (Å²) in [6, 6.07) is 10.9. The molecule has 1 N–H and O–H groups in total. The smallest absolute Gasteiger partial charge is 0.325 e. The van der Waals surface area contributed by atoms with Crippen molar-refractivity contribution in [1.82, 2.24) is 10.2 Å². The molecule has 2 heterocycles. The zero-order valence-electron chi connectivity index (χ0n) is 15.2. The number of nitrogens with zero attached hydrogens (tertiary/aromatic N) is 1. The minimum Gasteiger partial charge on any atom is -0.489 e. The molecule has 0 unspecified atom stereocenters. The first-order chi connectivity index (χ1) is 13.6. The maximum Gasteiger partial charge on any atom is 0.325 e. The number of benzene rings is 2. The number of carbonyl (C=O) groups excluding carboxylic acids is 2. The fourth-order valence-electron chi connectivity index (χ4n) is 4.29. The Balaban J connectivity index is 1.46. The quantitative estimate of drug-likeness (QED) is 0.787. The van der Waals surface area contributed by atoms with E-state index in [1.54, 1.807) is 12.1 Å². The first kappa shape index (κ1) is 17.4. The van der Waals surface area contributed by atoms with Gasteiger partial charge in [0.05, 0.1) is 24.8 Å². The lowest BCUT2D eigenvalue weighted by molar-refractivity contribution is -0.132. The van der Waals surface area contributed by atoms with Gasteiger partial charge in [-0.25, -0.2) is 4.79 Å². The lowest BCUT2D eigenvalue weighted by Crippen LogP contribution is -2.41. The van der Waals surface area contributed by atoms with Crippen LogP contribution in [0.3, 0.4) is 0 Å². The minimum absolute atomic E-state index is 0.130. The Kier molecular flexibility index (Phi) is 3.98. The molecule has 3 aliphatic rings. The number of rotatable bonds is 2. The normalized spacial score (nSPS) is 23.0. The largest absolute Gasteiger partial charge is 0.489 e. The van der Waals surface area contributed by atoms with Gasteiger partial charge in [-0.05, 0) is 41.7 Å². The zero-order valence-corrected chi connectivity index (χ0v) is 15.9. The molecule has 0 saturated carbocycles. The van der Waals surface area contributed by atoms with Gasteiger partial charge in [0.2, 0.25) is 0 Å². The molecule has 5 rings (SSSR count). The molecule has 1 atom stereocenters. The predicted molar refractivity (Wildman–Crippen MR) is 103 cm³/mol. The highest BCUT2D eigenvalue weighted by Gasteiger charge is 2.55. The van der Waals surface area contributed by atoms with E-state index in [-0.39, 0.29) is 18.5 Å². The number of hydrogen-bond donors (Lipinski definition) is 1. The van der Waals surface area contributed by atoms with E-state index in [0.717, 1.165) is 29.5 Å².